The largest absolute Gasteiger partial charge is 0.443 e. The van der Waals surface area contributed by atoms with Crippen LogP contribution in [-0.4, -0.2) is 27.7 Å². The molecule has 12 heteroatoms. The molecule has 2 aliphatic rings. The van der Waals surface area contributed by atoms with Crippen molar-refractivity contribution in [1.29, 1.82) is 0 Å². The van der Waals surface area contributed by atoms with Crippen molar-refractivity contribution in [2.75, 3.05) is 4.90 Å². The number of benzene rings is 2. The maximum Gasteiger partial charge on any atom is 0.422 e. The summed E-state index contributed by atoms with van der Waals surface area (Å²) in [7, 11) is 0. The van der Waals surface area contributed by atoms with Gasteiger partial charge < -0.3 is 19.2 Å². The second-order valence-corrected chi connectivity index (χ2v) is 11.1. The number of carbonyl (C=O) groups excluding carboxylic acids is 1. The van der Waals surface area contributed by atoms with E-state index >= 15 is 0 Å². The lowest BCUT2D eigenvalue weighted by molar-refractivity contribution is -0.229. The maximum absolute atomic E-state index is 14.5. The molecule has 2 unspecified atom stereocenters. The topological polar surface area (TPSA) is 97.4 Å². The predicted octanol–water partition coefficient (Wildman–Crippen LogP) is 6.98. The molecule has 3 heterocycles. The number of aromatic nitrogens is 1. The van der Waals surface area contributed by atoms with Crippen molar-refractivity contribution in [2.24, 2.45) is 11.1 Å². The number of rotatable bonds is 2. The van der Waals surface area contributed by atoms with Gasteiger partial charge >= 0.3 is 18.1 Å². The molecule has 0 saturated carbocycles. The minimum Gasteiger partial charge on any atom is -0.443 e. The van der Waals surface area contributed by atoms with E-state index in [2.05, 4.69) is 26.2 Å². The summed E-state index contributed by atoms with van der Waals surface area (Å²) in [5.41, 5.74) is -1.45. The van der Waals surface area contributed by atoms with Crippen LogP contribution in [0.2, 0.25) is 0 Å². The van der Waals surface area contributed by atoms with Gasteiger partial charge in [0.1, 0.15) is 28.5 Å². The average molecular weight is 606 g/mol. The first kappa shape index (κ1) is 26.9. The van der Waals surface area contributed by atoms with Gasteiger partial charge in [-0.05, 0) is 51.5 Å². The molecule has 2 atom stereocenters. The molecule has 0 aliphatic carbocycles. The summed E-state index contributed by atoms with van der Waals surface area (Å²) in [5, 5.41) is 19.5. The molecule has 39 heavy (non-hydrogen) atoms. The monoisotopic (exact) mass is 605 g/mol. The summed E-state index contributed by atoms with van der Waals surface area (Å²) in [6.07, 6.45) is -4.31. The molecule has 2 aliphatic heterocycles. The van der Waals surface area contributed by atoms with Gasteiger partial charge in [-0.25, -0.2) is 4.79 Å². The second kappa shape index (κ2) is 9.23. The third kappa shape index (κ3) is 4.71. The summed E-state index contributed by atoms with van der Waals surface area (Å²) >= 11 is 3.39. The van der Waals surface area contributed by atoms with Gasteiger partial charge in [0.25, 0.3) is 0 Å². The fourth-order valence-electron chi connectivity index (χ4n) is 4.63. The number of nitrogens with zero attached hydrogens (tertiary/aromatic N) is 3. The van der Waals surface area contributed by atoms with Crippen molar-refractivity contribution in [3.05, 3.63) is 81.7 Å². The van der Waals surface area contributed by atoms with Crippen molar-refractivity contribution in [2.45, 2.75) is 45.3 Å². The number of fused-ring (bicyclic) bond motifs is 3. The molecule has 1 amide bonds. The third-order valence-electron chi connectivity index (χ3n) is 6.17. The highest BCUT2D eigenvalue weighted by Crippen LogP contribution is 2.51. The van der Waals surface area contributed by atoms with E-state index < -0.39 is 46.6 Å². The molecule has 3 aromatic rings. The number of hydrogen-bond donors (Lipinski definition) is 1. The number of aliphatic hydroxyl groups is 1. The second-order valence-electron chi connectivity index (χ2n) is 10.2. The predicted molar refractivity (Wildman–Crippen MR) is 139 cm³/mol. The molecule has 1 N–H and O–H groups in total. The van der Waals surface area contributed by atoms with Gasteiger partial charge in [0, 0.05) is 21.8 Å². The van der Waals surface area contributed by atoms with Crippen molar-refractivity contribution in [1.82, 2.24) is 5.16 Å². The van der Waals surface area contributed by atoms with Gasteiger partial charge in [0.2, 0.25) is 5.76 Å². The Hall–Kier alpha value is -3.64. The van der Waals surface area contributed by atoms with E-state index in [1.54, 1.807) is 64.1 Å². The first-order valence-corrected chi connectivity index (χ1v) is 12.6. The third-order valence-corrected chi connectivity index (χ3v) is 6.66. The number of oxime groups is 1. The first-order valence-electron chi connectivity index (χ1n) is 11.8. The summed E-state index contributed by atoms with van der Waals surface area (Å²) in [6.45, 7) is 6.66. The van der Waals surface area contributed by atoms with E-state index in [0.29, 0.717) is 15.7 Å². The summed E-state index contributed by atoms with van der Waals surface area (Å²) < 4.78 is 54.8. The molecule has 0 bridgehead atoms. The number of hydrogen-bond acceptors (Lipinski definition) is 7. The van der Waals surface area contributed by atoms with Crippen LogP contribution in [0.3, 0.4) is 0 Å². The van der Waals surface area contributed by atoms with Crippen LogP contribution in [0.4, 0.5) is 23.7 Å². The Morgan fingerprint density at radius 1 is 1.15 bits per heavy atom. The molecular formula is C27H23BrF3N3O5. The Bertz CT molecular complexity index is 1510. The summed E-state index contributed by atoms with van der Waals surface area (Å²) in [5.74, 6) is -4.97. The Kier molecular flexibility index (Phi) is 6.38. The Morgan fingerprint density at radius 3 is 2.49 bits per heavy atom. The quantitative estimate of drug-likeness (QED) is 0.338. The number of carbonyl (C=O) groups is 1. The molecule has 5 rings (SSSR count). The minimum absolute atomic E-state index is 0.102. The zero-order chi connectivity index (χ0) is 28.3. The van der Waals surface area contributed by atoms with E-state index in [9.17, 15) is 23.1 Å². The molecule has 0 spiro atoms. The van der Waals surface area contributed by atoms with Gasteiger partial charge in [-0.3, -0.25) is 4.90 Å². The Morgan fingerprint density at radius 2 is 1.85 bits per heavy atom. The number of ether oxygens (including phenoxy) is 1. The van der Waals surface area contributed by atoms with Gasteiger partial charge in [0.15, 0.2) is 0 Å². The zero-order valence-corrected chi connectivity index (χ0v) is 22.8. The van der Waals surface area contributed by atoms with E-state index in [1.807, 2.05) is 0 Å². The van der Waals surface area contributed by atoms with Crippen LogP contribution in [0.25, 0.3) is 11.3 Å². The Labute approximate surface area is 229 Å². The lowest BCUT2D eigenvalue weighted by Crippen LogP contribution is -2.38. The molecule has 204 valence electrons. The zero-order valence-electron chi connectivity index (χ0n) is 21.2. The van der Waals surface area contributed by atoms with Crippen molar-refractivity contribution in [3.8, 4) is 11.3 Å². The van der Waals surface area contributed by atoms with Gasteiger partial charge in [-0.1, -0.05) is 56.6 Å². The average Bonchev–Trinajstić information content (AvgIpc) is 3.42. The molecule has 1 aromatic heterocycles. The fourth-order valence-corrected chi connectivity index (χ4v) is 4.98. The Balaban J connectivity index is 1.69. The van der Waals surface area contributed by atoms with E-state index in [-0.39, 0.29) is 16.8 Å². The van der Waals surface area contributed by atoms with E-state index in [4.69, 9.17) is 14.1 Å². The van der Waals surface area contributed by atoms with Crippen LogP contribution in [0, 0.1) is 5.92 Å². The van der Waals surface area contributed by atoms with Crippen LogP contribution >= 0.6 is 15.9 Å². The minimum atomic E-state index is -4.96. The van der Waals surface area contributed by atoms with Crippen molar-refractivity contribution < 1.29 is 37.2 Å². The molecule has 0 radical (unpaired) electrons. The number of halogens is 4. The number of amides is 1. The summed E-state index contributed by atoms with van der Waals surface area (Å²) in [6, 6.07) is 12.6. The molecule has 8 nitrogen and oxygen atoms in total. The normalized spacial score (nSPS) is 20.8. The lowest BCUT2D eigenvalue weighted by Gasteiger charge is -2.27. The van der Waals surface area contributed by atoms with Crippen LogP contribution in [0.15, 0.2) is 74.5 Å². The van der Waals surface area contributed by atoms with Crippen molar-refractivity contribution in [3.63, 3.8) is 0 Å². The highest BCUT2D eigenvalue weighted by molar-refractivity contribution is 9.10. The number of alkyl halides is 3. The van der Waals surface area contributed by atoms with Crippen molar-refractivity contribution >= 4 is 33.4 Å². The number of anilines is 1. The molecular weight excluding hydrogens is 583 g/mol. The van der Waals surface area contributed by atoms with Crippen LogP contribution in [0.1, 0.15) is 44.6 Å². The van der Waals surface area contributed by atoms with Gasteiger partial charge in [0.05, 0.1) is 5.69 Å². The van der Waals surface area contributed by atoms with Crippen LogP contribution in [-0.2, 0) is 21.5 Å². The smallest absolute Gasteiger partial charge is 0.422 e. The standard InChI is InChI=1S/C27H23BrF3N3O5/c1-14-13-34(24(35)37-25(2,3)4)18-12-16(28)10-11-17(18)22-19(14)26(36,39-33-22)23-20(27(29,30)31)21(32-38-23)15-8-6-5-7-9-15/h5-13,19,36H,1-4H3. The van der Waals surface area contributed by atoms with Crippen LogP contribution in [0.5, 0.6) is 0 Å². The molecule has 2 aromatic carbocycles. The molecule has 0 fully saturated rings. The highest BCUT2D eigenvalue weighted by Gasteiger charge is 2.59. The fraction of sp³-hybridized carbons (Fsp3) is 0.296. The highest BCUT2D eigenvalue weighted by atomic mass is 79.9. The van der Waals surface area contributed by atoms with Crippen LogP contribution < -0.4 is 4.90 Å². The van der Waals surface area contributed by atoms with Gasteiger partial charge in [-0.15, -0.1) is 0 Å². The van der Waals surface area contributed by atoms with Gasteiger partial charge in [-0.2, -0.15) is 13.2 Å². The lowest BCUT2D eigenvalue weighted by atomic mass is 9.82. The maximum atomic E-state index is 14.5. The molecule has 0 saturated heterocycles. The SMILES string of the molecule is CC1=CN(C(=O)OC(C)(C)C)c2cc(Br)ccc2C2=NOC(O)(c3onc(-c4ccccc4)c3C(F)(F)F)C12. The first-order chi connectivity index (χ1) is 18.2. The van der Waals surface area contributed by atoms with E-state index in [0.717, 1.165) is 0 Å². The van der Waals surface area contributed by atoms with E-state index in [1.165, 1.54) is 23.2 Å². The summed E-state index contributed by atoms with van der Waals surface area (Å²) in [4.78, 5) is 19.8.